The zero-order valence-corrected chi connectivity index (χ0v) is 14.9. The average Bonchev–Trinajstić information content (AvgIpc) is 2.72. The Bertz CT molecular complexity index is 889. The molecule has 4 heteroatoms. The molecule has 0 aliphatic carbocycles. The van der Waals surface area contributed by atoms with Crippen molar-refractivity contribution in [1.29, 1.82) is 0 Å². The van der Waals surface area contributed by atoms with Gasteiger partial charge >= 0.3 is 0 Å². The van der Waals surface area contributed by atoms with Crippen LogP contribution in [0.15, 0.2) is 91.5 Å². The van der Waals surface area contributed by atoms with Crippen LogP contribution in [0.1, 0.15) is 15.9 Å². The van der Waals surface area contributed by atoms with Crippen molar-refractivity contribution in [2.75, 3.05) is 11.9 Å². The molecule has 0 radical (unpaired) electrons. The topological polar surface area (TPSA) is 47.6 Å². The van der Waals surface area contributed by atoms with Crippen LogP contribution in [0, 0.1) is 0 Å². The van der Waals surface area contributed by atoms with Crippen molar-refractivity contribution in [3.8, 4) is 11.5 Å². The van der Waals surface area contributed by atoms with Crippen molar-refractivity contribution >= 4 is 11.6 Å². The summed E-state index contributed by atoms with van der Waals surface area (Å²) in [5.74, 6) is 1.11. The van der Waals surface area contributed by atoms with E-state index >= 15 is 0 Å². The molecule has 0 fully saturated rings. The van der Waals surface area contributed by atoms with Crippen molar-refractivity contribution < 1.29 is 14.3 Å². The predicted molar refractivity (Wildman–Crippen MR) is 107 cm³/mol. The summed E-state index contributed by atoms with van der Waals surface area (Å²) < 4.78 is 11.3. The smallest absolute Gasteiger partial charge is 0.255 e. The maximum absolute atomic E-state index is 12.5. The first-order valence-corrected chi connectivity index (χ1v) is 8.67. The number of nitrogens with one attached hydrogen (secondary N) is 1. The molecule has 0 saturated carbocycles. The molecule has 0 aromatic heterocycles. The highest BCUT2D eigenvalue weighted by Crippen LogP contribution is 2.25. The van der Waals surface area contributed by atoms with E-state index in [1.807, 2.05) is 54.6 Å². The average molecular weight is 359 g/mol. The molecule has 4 nitrogen and oxygen atoms in total. The largest absolute Gasteiger partial charge is 0.490 e. The van der Waals surface area contributed by atoms with E-state index < -0.39 is 0 Å². The van der Waals surface area contributed by atoms with E-state index in [2.05, 4.69) is 11.9 Å². The number of carbonyl (C=O) groups excluding carboxylic acids is 1. The van der Waals surface area contributed by atoms with Gasteiger partial charge in [0.2, 0.25) is 0 Å². The number of benzene rings is 3. The van der Waals surface area contributed by atoms with Gasteiger partial charge in [-0.1, -0.05) is 55.1 Å². The maximum atomic E-state index is 12.5. The van der Waals surface area contributed by atoms with Crippen LogP contribution in [0.5, 0.6) is 11.5 Å². The van der Waals surface area contributed by atoms with Crippen LogP contribution >= 0.6 is 0 Å². The molecule has 0 atom stereocenters. The second kappa shape index (κ2) is 9.25. The molecule has 1 amide bonds. The Balaban J connectivity index is 1.66. The summed E-state index contributed by atoms with van der Waals surface area (Å²) in [4.78, 5) is 12.5. The number of hydrogen-bond acceptors (Lipinski definition) is 3. The highest BCUT2D eigenvalue weighted by molar-refractivity contribution is 6.05. The van der Waals surface area contributed by atoms with Crippen molar-refractivity contribution in [3.05, 3.63) is 103 Å². The summed E-state index contributed by atoms with van der Waals surface area (Å²) in [6, 6.07) is 24.3. The fourth-order valence-corrected chi connectivity index (χ4v) is 2.48. The molecule has 27 heavy (non-hydrogen) atoms. The van der Waals surface area contributed by atoms with Gasteiger partial charge in [0.1, 0.15) is 24.7 Å². The summed E-state index contributed by atoms with van der Waals surface area (Å²) in [7, 11) is 0. The first-order chi connectivity index (χ1) is 13.3. The van der Waals surface area contributed by atoms with E-state index in [4.69, 9.17) is 9.47 Å². The number of para-hydroxylation sites is 2. The van der Waals surface area contributed by atoms with E-state index in [1.54, 1.807) is 30.3 Å². The molecule has 0 aliphatic heterocycles. The summed E-state index contributed by atoms with van der Waals surface area (Å²) in [6.07, 6.45) is 1.67. The normalized spacial score (nSPS) is 10.1. The number of ether oxygens (including phenoxy) is 2. The Morgan fingerprint density at radius 3 is 2.33 bits per heavy atom. The monoisotopic (exact) mass is 359 g/mol. The van der Waals surface area contributed by atoms with Gasteiger partial charge in [0.15, 0.2) is 0 Å². The number of amides is 1. The highest BCUT2D eigenvalue weighted by Gasteiger charge is 2.10. The molecule has 1 N–H and O–H groups in total. The Kier molecular flexibility index (Phi) is 6.26. The van der Waals surface area contributed by atoms with E-state index in [0.717, 1.165) is 5.56 Å². The third-order valence-corrected chi connectivity index (χ3v) is 3.86. The van der Waals surface area contributed by atoms with Crippen LogP contribution in [0.25, 0.3) is 0 Å². The lowest BCUT2D eigenvalue weighted by Gasteiger charge is -2.13. The van der Waals surface area contributed by atoms with Gasteiger partial charge in [0.05, 0.1) is 5.69 Å². The lowest BCUT2D eigenvalue weighted by atomic mass is 10.2. The SMILES string of the molecule is C=CCOc1ccc(C(=O)Nc2ccccc2OCc2ccccc2)cc1. The molecule has 0 saturated heterocycles. The molecule has 0 bridgehead atoms. The minimum atomic E-state index is -0.207. The zero-order valence-electron chi connectivity index (χ0n) is 14.9. The van der Waals surface area contributed by atoms with Crippen LogP contribution in [-0.4, -0.2) is 12.5 Å². The Labute approximate surface area is 159 Å². The first-order valence-electron chi connectivity index (χ1n) is 8.67. The van der Waals surface area contributed by atoms with Crippen LogP contribution in [0.2, 0.25) is 0 Å². The standard InChI is InChI=1S/C23H21NO3/c1-2-16-26-20-14-12-19(13-15-20)23(25)24-21-10-6-7-11-22(21)27-17-18-8-4-3-5-9-18/h2-15H,1,16-17H2,(H,24,25). The molecule has 136 valence electrons. The predicted octanol–water partition coefficient (Wildman–Crippen LogP) is 5.08. The second-order valence-electron chi connectivity index (χ2n) is 5.85. The molecule has 3 aromatic carbocycles. The van der Waals surface area contributed by atoms with Crippen molar-refractivity contribution in [2.45, 2.75) is 6.61 Å². The lowest BCUT2D eigenvalue weighted by molar-refractivity contribution is 0.102. The van der Waals surface area contributed by atoms with Crippen LogP contribution < -0.4 is 14.8 Å². The number of carbonyl (C=O) groups is 1. The summed E-state index contributed by atoms with van der Waals surface area (Å²) in [5.41, 5.74) is 2.23. The van der Waals surface area contributed by atoms with Gasteiger partial charge in [-0.05, 0) is 42.0 Å². The molecule has 3 aromatic rings. The van der Waals surface area contributed by atoms with E-state index in [0.29, 0.717) is 36.0 Å². The number of anilines is 1. The van der Waals surface area contributed by atoms with E-state index in [9.17, 15) is 4.79 Å². The summed E-state index contributed by atoms with van der Waals surface area (Å²) in [5, 5.41) is 2.90. The number of rotatable bonds is 8. The van der Waals surface area contributed by atoms with Crippen LogP contribution in [0.4, 0.5) is 5.69 Å². The molecule has 0 aliphatic rings. The van der Waals surface area contributed by atoms with Crippen molar-refractivity contribution in [3.63, 3.8) is 0 Å². The fraction of sp³-hybridized carbons (Fsp3) is 0.0870. The van der Waals surface area contributed by atoms with Gasteiger partial charge in [-0.15, -0.1) is 0 Å². The Morgan fingerprint density at radius 1 is 0.889 bits per heavy atom. The van der Waals surface area contributed by atoms with Crippen molar-refractivity contribution in [2.24, 2.45) is 0 Å². The quantitative estimate of drug-likeness (QED) is 0.570. The van der Waals surface area contributed by atoms with Gasteiger partial charge < -0.3 is 14.8 Å². The van der Waals surface area contributed by atoms with Crippen LogP contribution in [0.3, 0.4) is 0 Å². The zero-order chi connectivity index (χ0) is 18.9. The molecular formula is C23H21NO3. The molecular weight excluding hydrogens is 338 g/mol. The maximum Gasteiger partial charge on any atom is 0.255 e. The van der Waals surface area contributed by atoms with Gasteiger partial charge in [-0.2, -0.15) is 0 Å². The van der Waals surface area contributed by atoms with Crippen LogP contribution in [-0.2, 0) is 6.61 Å². The summed E-state index contributed by atoms with van der Waals surface area (Å²) in [6.45, 7) is 4.47. The first kappa shape index (κ1) is 18.3. The van der Waals surface area contributed by atoms with Gasteiger partial charge in [-0.25, -0.2) is 0 Å². The second-order valence-corrected chi connectivity index (χ2v) is 5.85. The highest BCUT2D eigenvalue weighted by atomic mass is 16.5. The minimum absolute atomic E-state index is 0.207. The molecule has 0 spiro atoms. The Hall–Kier alpha value is -3.53. The summed E-state index contributed by atoms with van der Waals surface area (Å²) >= 11 is 0. The van der Waals surface area contributed by atoms with Gasteiger partial charge in [0, 0.05) is 5.56 Å². The lowest BCUT2D eigenvalue weighted by Crippen LogP contribution is -2.13. The minimum Gasteiger partial charge on any atom is -0.490 e. The molecule has 0 unspecified atom stereocenters. The number of hydrogen-bond donors (Lipinski definition) is 1. The molecule has 0 heterocycles. The fourth-order valence-electron chi connectivity index (χ4n) is 2.48. The van der Waals surface area contributed by atoms with Crippen molar-refractivity contribution in [1.82, 2.24) is 0 Å². The van der Waals surface area contributed by atoms with Gasteiger partial charge in [0.25, 0.3) is 5.91 Å². The third kappa shape index (κ3) is 5.22. The molecule has 3 rings (SSSR count). The van der Waals surface area contributed by atoms with E-state index in [-0.39, 0.29) is 5.91 Å². The van der Waals surface area contributed by atoms with Gasteiger partial charge in [-0.3, -0.25) is 4.79 Å². The van der Waals surface area contributed by atoms with E-state index in [1.165, 1.54) is 0 Å². The Morgan fingerprint density at radius 2 is 1.59 bits per heavy atom. The third-order valence-electron chi connectivity index (χ3n) is 3.86.